The van der Waals surface area contributed by atoms with E-state index in [9.17, 15) is 0 Å². The number of benzene rings is 2. The van der Waals surface area contributed by atoms with Crippen LogP contribution < -0.4 is 10.2 Å². The van der Waals surface area contributed by atoms with E-state index < -0.39 is 0 Å². The second-order valence-corrected chi connectivity index (χ2v) is 6.86. The van der Waals surface area contributed by atoms with E-state index in [1.165, 1.54) is 23.2 Å². The molecule has 2 aliphatic heterocycles. The molecular weight excluding hydrogens is 318 g/mol. The van der Waals surface area contributed by atoms with Gasteiger partial charge >= 0.3 is 0 Å². The number of hydrogen-bond acceptors (Lipinski definition) is 3. The highest BCUT2D eigenvalue weighted by Gasteiger charge is 2.22. The average Bonchev–Trinajstić information content (AvgIpc) is 2.57. The minimum absolute atomic E-state index is 0.704. The van der Waals surface area contributed by atoms with Crippen molar-refractivity contribution in [1.82, 2.24) is 5.32 Å². The van der Waals surface area contributed by atoms with E-state index in [2.05, 4.69) is 41.9 Å². The predicted octanol–water partition coefficient (Wildman–Crippen LogP) is 4.71. The lowest BCUT2D eigenvalue weighted by atomic mass is 9.97. The van der Waals surface area contributed by atoms with Crippen molar-refractivity contribution in [2.45, 2.75) is 19.8 Å². The summed E-state index contributed by atoms with van der Waals surface area (Å²) in [5.74, 6) is 0.934. The van der Waals surface area contributed by atoms with E-state index in [-0.39, 0.29) is 0 Å². The molecule has 2 aromatic rings. The molecule has 0 spiro atoms. The second-order valence-electron chi connectivity index (χ2n) is 6.42. The minimum Gasteiger partial charge on any atom is -0.364 e. The van der Waals surface area contributed by atoms with Crippen LogP contribution in [0.1, 0.15) is 23.1 Å². The van der Waals surface area contributed by atoms with Gasteiger partial charge in [-0.1, -0.05) is 30.3 Å². The number of aryl methyl sites for hydroxylation is 1. The van der Waals surface area contributed by atoms with E-state index in [0.717, 1.165) is 42.3 Å². The SMILES string of the molecule is C=C1NC(CN2CCCc3c(C)cccc32)=Nc2ccc(Cl)cc21. The molecule has 0 aromatic heterocycles. The molecule has 0 aliphatic carbocycles. The lowest BCUT2D eigenvalue weighted by Gasteiger charge is -2.33. The fourth-order valence-electron chi connectivity index (χ4n) is 3.56. The lowest BCUT2D eigenvalue weighted by Crippen LogP contribution is -2.40. The summed E-state index contributed by atoms with van der Waals surface area (Å²) in [6, 6.07) is 12.3. The van der Waals surface area contributed by atoms with Crippen molar-refractivity contribution in [2.24, 2.45) is 4.99 Å². The fourth-order valence-corrected chi connectivity index (χ4v) is 3.73. The first-order valence-corrected chi connectivity index (χ1v) is 8.66. The zero-order valence-corrected chi connectivity index (χ0v) is 14.5. The molecule has 122 valence electrons. The number of fused-ring (bicyclic) bond motifs is 2. The molecule has 0 atom stereocenters. The highest BCUT2D eigenvalue weighted by atomic mass is 35.5. The summed E-state index contributed by atoms with van der Waals surface area (Å²) in [4.78, 5) is 7.18. The number of aliphatic imine (C=N–C) groups is 1. The first-order valence-electron chi connectivity index (χ1n) is 8.28. The number of nitrogens with zero attached hydrogens (tertiary/aromatic N) is 2. The Bertz CT molecular complexity index is 854. The molecule has 2 heterocycles. The summed E-state index contributed by atoms with van der Waals surface area (Å²) in [7, 11) is 0. The molecule has 2 aliphatic rings. The Hall–Kier alpha value is -2.26. The van der Waals surface area contributed by atoms with Gasteiger partial charge in [-0.05, 0) is 55.2 Å². The number of rotatable bonds is 2. The van der Waals surface area contributed by atoms with Gasteiger partial charge in [0.15, 0.2) is 0 Å². The van der Waals surface area contributed by atoms with Crippen LogP contribution in [-0.2, 0) is 6.42 Å². The molecule has 4 heteroatoms. The number of anilines is 1. The molecule has 0 fully saturated rings. The zero-order chi connectivity index (χ0) is 16.7. The van der Waals surface area contributed by atoms with E-state index in [4.69, 9.17) is 16.6 Å². The van der Waals surface area contributed by atoms with Crippen LogP contribution in [0.25, 0.3) is 5.70 Å². The smallest absolute Gasteiger partial charge is 0.126 e. The molecule has 3 nitrogen and oxygen atoms in total. The third-order valence-corrected chi connectivity index (χ3v) is 4.99. The van der Waals surface area contributed by atoms with E-state index in [0.29, 0.717) is 5.02 Å². The van der Waals surface area contributed by atoms with Gasteiger partial charge in [0.2, 0.25) is 0 Å². The maximum atomic E-state index is 6.08. The van der Waals surface area contributed by atoms with Gasteiger partial charge in [0.25, 0.3) is 0 Å². The standard InChI is InChI=1S/C20H20ClN3/c1-13-5-3-7-19-16(13)6-4-10-24(19)12-20-22-14(2)17-11-15(21)8-9-18(17)23-20/h3,5,7-9,11H,2,4,6,10,12H2,1H3,(H,22,23). The van der Waals surface area contributed by atoms with E-state index in [1.54, 1.807) is 0 Å². The largest absolute Gasteiger partial charge is 0.364 e. The van der Waals surface area contributed by atoms with Crippen molar-refractivity contribution >= 4 is 34.5 Å². The van der Waals surface area contributed by atoms with E-state index >= 15 is 0 Å². The van der Waals surface area contributed by atoms with Crippen molar-refractivity contribution in [2.75, 3.05) is 18.0 Å². The molecule has 0 radical (unpaired) electrons. The maximum absolute atomic E-state index is 6.08. The minimum atomic E-state index is 0.704. The van der Waals surface area contributed by atoms with Gasteiger partial charge in [0.1, 0.15) is 5.84 Å². The van der Waals surface area contributed by atoms with Crippen LogP contribution in [0.5, 0.6) is 0 Å². The second kappa shape index (κ2) is 5.99. The van der Waals surface area contributed by atoms with Crippen molar-refractivity contribution in [3.8, 4) is 0 Å². The van der Waals surface area contributed by atoms with Crippen LogP contribution in [0, 0.1) is 6.92 Å². The highest BCUT2D eigenvalue weighted by Crippen LogP contribution is 2.32. The van der Waals surface area contributed by atoms with Crippen LogP contribution in [0.3, 0.4) is 0 Å². The number of halogens is 1. The Labute approximate surface area is 147 Å². The van der Waals surface area contributed by atoms with Crippen molar-refractivity contribution < 1.29 is 0 Å². The topological polar surface area (TPSA) is 27.6 Å². The fraction of sp³-hybridized carbons (Fsp3) is 0.250. The van der Waals surface area contributed by atoms with Crippen molar-refractivity contribution in [3.05, 3.63) is 64.7 Å². The molecule has 0 amide bonds. The Morgan fingerprint density at radius 3 is 3.04 bits per heavy atom. The zero-order valence-electron chi connectivity index (χ0n) is 13.8. The Morgan fingerprint density at radius 1 is 1.29 bits per heavy atom. The van der Waals surface area contributed by atoms with Gasteiger partial charge in [-0.2, -0.15) is 0 Å². The van der Waals surface area contributed by atoms with Gasteiger partial charge in [0, 0.05) is 28.5 Å². The van der Waals surface area contributed by atoms with Crippen LogP contribution in [0.4, 0.5) is 11.4 Å². The Kier molecular flexibility index (Phi) is 3.81. The molecule has 0 bridgehead atoms. The summed E-state index contributed by atoms with van der Waals surface area (Å²) >= 11 is 6.08. The van der Waals surface area contributed by atoms with Crippen LogP contribution in [-0.4, -0.2) is 18.9 Å². The third kappa shape index (κ3) is 2.69. The summed E-state index contributed by atoms with van der Waals surface area (Å²) in [6.45, 7) is 8.14. The molecule has 2 aromatic carbocycles. The van der Waals surface area contributed by atoms with Crippen LogP contribution in [0.15, 0.2) is 48.0 Å². The quantitative estimate of drug-likeness (QED) is 0.859. The summed E-state index contributed by atoms with van der Waals surface area (Å²) in [6.07, 6.45) is 2.34. The third-order valence-electron chi connectivity index (χ3n) is 4.76. The average molecular weight is 338 g/mol. The van der Waals surface area contributed by atoms with Gasteiger partial charge in [-0.15, -0.1) is 0 Å². The highest BCUT2D eigenvalue weighted by molar-refractivity contribution is 6.31. The molecular formula is C20H20ClN3. The molecule has 1 N–H and O–H groups in total. The summed E-state index contributed by atoms with van der Waals surface area (Å²) in [5.41, 5.74) is 6.93. The monoisotopic (exact) mass is 337 g/mol. The first-order chi connectivity index (χ1) is 11.6. The number of nitrogens with one attached hydrogen (secondary N) is 1. The van der Waals surface area contributed by atoms with Gasteiger partial charge in [-0.25, -0.2) is 4.99 Å². The molecule has 0 unspecified atom stereocenters. The Morgan fingerprint density at radius 2 is 2.17 bits per heavy atom. The number of hydrogen-bond donors (Lipinski definition) is 1. The van der Waals surface area contributed by atoms with E-state index in [1.807, 2.05) is 18.2 Å². The molecule has 0 saturated heterocycles. The summed E-state index contributed by atoms with van der Waals surface area (Å²) in [5, 5.41) is 4.05. The maximum Gasteiger partial charge on any atom is 0.126 e. The van der Waals surface area contributed by atoms with Gasteiger partial charge in [0.05, 0.1) is 12.2 Å². The molecule has 4 rings (SSSR count). The van der Waals surface area contributed by atoms with Crippen molar-refractivity contribution in [3.63, 3.8) is 0 Å². The lowest BCUT2D eigenvalue weighted by molar-refractivity contribution is 0.722. The first kappa shape index (κ1) is 15.3. The van der Waals surface area contributed by atoms with Crippen LogP contribution in [0.2, 0.25) is 5.02 Å². The normalized spacial score (nSPS) is 16.2. The molecule has 0 saturated carbocycles. The number of amidine groups is 1. The van der Waals surface area contributed by atoms with Gasteiger partial charge < -0.3 is 10.2 Å². The van der Waals surface area contributed by atoms with Crippen LogP contribution >= 0.6 is 11.6 Å². The Balaban J connectivity index is 1.65. The van der Waals surface area contributed by atoms with Gasteiger partial charge in [-0.3, -0.25) is 0 Å². The molecule has 24 heavy (non-hydrogen) atoms. The van der Waals surface area contributed by atoms with Crippen molar-refractivity contribution in [1.29, 1.82) is 0 Å². The summed E-state index contributed by atoms with van der Waals surface area (Å²) < 4.78 is 0. The predicted molar refractivity (Wildman–Crippen MR) is 102 cm³/mol.